The Kier molecular flexibility index (Phi) is 5.29. The zero-order valence-corrected chi connectivity index (χ0v) is 11.9. The summed E-state index contributed by atoms with van der Waals surface area (Å²) < 4.78 is 5.77. The van der Waals surface area contributed by atoms with E-state index < -0.39 is 4.92 Å². The van der Waals surface area contributed by atoms with Crippen LogP contribution >= 0.6 is 0 Å². The number of ether oxygens (including phenoxy) is 1. The Morgan fingerprint density at radius 1 is 1.19 bits per heavy atom. The molecular weight excluding hydrogens is 268 g/mol. The molecule has 2 rings (SSSR count). The molecule has 21 heavy (non-hydrogen) atoms. The number of nitrogens with one attached hydrogen (secondary N) is 1. The minimum atomic E-state index is -0.396. The molecule has 0 aliphatic carbocycles. The van der Waals surface area contributed by atoms with Crippen LogP contribution in [-0.4, -0.2) is 18.6 Å². The molecule has 0 unspecified atom stereocenters. The molecule has 0 radical (unpaired) electrons. The Bertz CT molecular complexity index is 600. The van der Waals surface area contributed by atoms with Crippen LogP contribution in [0.1, 0.15) is 11.1 Å². The molecule has 5 nitrogen and oxygen atoms in total. The van der Waals surface area contributed by atoms with Crippen LogP contribution in [0.3, 0.4) is 0 Å². The van der Waals surface area contributed by atoms with Gasteiger partial charge in [0.25, 0.3) is 5.69 Å². The zero-order valence-electron chi connectivity index (χ0n) is 11.9. The Morgan fingerprint density at radius 2 is 1.95 bits per heavy atom. The van der Waals surface area contributed by atoms with Gasteiger partial charge in [0, 0.05) is 30.7 Å². The molecule has 0 fully saturated rings. The van der Waals surface area contributed by atoms with Gasteiger partial charge in [0.15, 0.2) is 0 Å². The molecule has 0 saturated carbocycles. The highest BCUT2D eigenvalue weighted by atomic mass is 16.6. The number of nitro benzene ring substituents is 1. The Balaban J connectivity index is 2.03. The van der Waals surface area contributed by atoms with Gasteiger partial charge in [-0.25, -0.2) is 0 Å². The number of nitro groups is 1. The molecular formula is C16H18N2O3. The number of non-ortho nitro benzene ring substituents is 1. The van der Waals surface area contributed by atoms with Gasteiger partial charge in [-0.15, -0.1) is 0 Å². The second kappa shape index (κ2) is 7.40. The SMILES string of the molecule is CNCc1cc([N+](=O)[O-])ccc1OCCc1ccccc1. The maximum atomic E-state index is 10.8. The van der Waals surface area contributed by atoms with Gasteiger partial charge in [-0.1, -0.05) is 30.3 Å². The van der Waals surface area contributed by atoms with Crippen LogP contribution in [-0.2, 0) is 13.0 Å². The second-order valence-corrected chi connectivity index (χ2v) is 4.66. The number of benzene rings is 2. The zero-order chi connectivity index (χ0) is 15.1. The van der Waals surface area contributed by atoms with E-state index in [0.29, 0.717) is 18.9 Å². The minimum absolute atomic E-state index is 0.0793. The first-order chi connectivity index (χ1) is 10.2. The number of hydrogen-bond donors (Lipinski definition) is 1. The van der Waals surface area contributed by atoms with Gasteiger partial charge in [-0.2, -0.15) is 0 Å². The van der Waals surface area contributed by atoms with Gasteiger partial charge in [0.2, 0.25) is 0 Å². The average molecular weight is 286 g/mol. The van der Waals surface area contributed by atoms with Crippen molar-refractivity contribution in [2.45, 2.75) is 13.0 Å². The number of hydrogen-bond acceptors (Lipinski definition) is 4. The van der Waals surface area contributed by atoms with Gasteiger partial charge >= 0.3 is 0 Å². The second-order valence-electron chi connectivity index (χ2n) is 4.66. The van der Waals surface area contributed by atoms with Crippen molar-refractivity contribution in [3.63, 3.8) is 0 Å². The standard InChI is InChI=1S/C16H18N2O3/c1-17-12-14-11-15(18(19)20)7-8-16(14)21-10-9-13-5-3-2-4-6-13/h2-8,11,17H,9-10,12H2,1H3. The summed E-state index contributed by atoms with van der Waals surface area (Å²) in [5.41, 5.74) is 2.07. The highest BCUT2D eigenvalue weighted by Crippen LogP contribution is 2.24. The number of nitrogens with zero attached hydrogens (tertiary/aromatic N) is 1. The summed E-state index contributed by atoms with van der Waals surface area (Å²) in [4.78, 5) is 10.4. The molecule has 0 aliphatic heterocycles. The van der Waals surface area contributed by atoms with E-state index in [1.165, 1.54) is 11.6 Å². The van der Waals surface area contributed by atoms with Crippen molar-refractivity contribution < 1.29 is 9.66 Å². The summed E-state index contributed by atoms with van der Waals surface area (Å²) in [7, 11) is 1.80. The highest BCUT2D eigenvalue weighted by molar-refractivity contribution is 5.43. The molecule has 0 atom stereocenters. The summed E-state index contributed by atoms with van der Waals surface area (Å²) in [6.07, 6.45) is 0.802. The van der Waals surface area contributed by atoms with Crippen LogP contribution in [0.2, 0.25) is 0 Å². The molecule has 2 aromatic carbocycles. The van der Waals surface area contributed by atoms with Gasteiger partial charge in [0.1, 0.15) is 5.75 Å². The predicted octanol–water partition coefficient (Wildman–Crippen LogP) is 2.94. The van der Waals surface area contributed by atoms with E-state index >= 15 is 0 Å². The van der Waals surface area contributed by atoms with Crippen LogP contribution in [0, 0.1) is 10.1 Å². The van der Waals surface area contributed by atoms with E-state index in [0.717, 1.165) is 12.0 Å². The maximum absolute atomic E-state index is 10.8. The van der Waals surface area contributed by atoms with Gasteiger partial charge in [-0.3, -0.25) is 10.1 Å². The van der Waals surface area contributed by atoms with E-state index in [1.807, 2.05) is 30.3 Å². The third kappa shape index (κ3) is 4.29. The van der Waals surface area contributed by atoms with Crippen LogP contribution in [0.15, 0.2) is 48.5 Å². The fourth-order valence-electron chi connectivity index (χ4n) is 2.07. The van der Waals surface area contributed by atoms with Crippen LogP contribution < -0.4 is 10.1 Å². The van der Waals surface area contributed by atoms with Gasteiger partial charge < -0.3 is 10.1 Å². The first-order valence-corrected chi connectivity index (χ1v) is 6.79. The largest absolute Gasteiger partial charge is 0.493 e. The lowest BCUT2D eigenvalue weighted by Crippen LogP contribution is -2.09. The molecule has 0 heterocycles. The van der Waals surface area contributed by atoms with Crippen molar-refractivity contribution in [3.05, 3.63) is 69.8 Å². The van der Waals surface area contributed by atoms with Crippen LogP contribution in [0.5, 0.6) is 5.75 Å². The quantitative estimate of drug-likeness (QED) is 0.628. The van der Waals surface area contributed by atoms with Crippen molar-refractivity contribution in [1.82, 2.24) is 5.32 Å². The summed E-state index contributed by atoms with van der Waals surface area (Å²) in [5.74, 6) is 0.686. The summed E-state index contributed by atoms with van der Waals surface area (Å²) >= 11 is 0. The summed E-state index contributed by atoms with van der Waals surface area (Å²) in [6.45, 7) is 1.07. The Labute approximate surface area is 123 Å². The molecule has 2 aromatic rings. The van der Waals surface area contributed by atoms with E-state index in [1.54, 1.807) is 19.2 Å². The summed E-state index contributed by atoms with van der Waals surface area (Å²) in [5, 5.41) is 13.8. The van der Waals surface area contributed by atoms with Crippen molar-refractivity contribution in [3.8, 4) is 5.75 Å². The average Bonchev–Trinajstić information content (AvgIpc) is 2.50. The third-order valence-electron chi connectivity index (χ3n) is 3.11. The van der Waals surface area contributed by atoms with Crippen molar-refractivity contribution in [1.29, 1.82) is 0 Å². The lowest BCUT2D eigenvalue weighted by Gasteiger charge is -2.11. The minimum Gasteiger partial charge on any atom is -0.493 e. The number of rotatable bonds is 7. The van der Waals surface area contributed by atoms with Crippen LogP contribution in [0.4, 0.5) is 5.69 Å². The van der Waals surface area contributed by atoms with Gasteiger partial charge in [-0.05, 0) is 18.7 Å². The predicted molar refractivity (Wildman–Crippen MR) is 81.5 cm³/mol. The Morgan fingerprint density at radius 3 is 2.62 bits per heavy atom. The third-order valence-corrected chi connectivity index (χ3v) is 3.11. The van der Waals surface area contributed by atoms with Crippen molar-refractivity contribution in [2.24, 2.45) is 0 Å². The van der Waals surface area contributed by atoms with Gasteiger partial charge in [0.05, 0.1) is 11.5 Å². The fraction of sp³-hybridized carbons (Fsp3) is 0.250. The lowest BCUT2D eigenvalue weighted by molar-refractivity contribution is -0.384. The van der Waals surface area contributed by atoms with Crippen molar-refractivity contribution >= 4 is 5.69 Å². The van der Waals surface area contributed by atoms with Crippen LogP contribution in [0.25, 0.3) is 0 Å². The normalized spacial score (nSPS) is 10.3. The molecule has 0 spiro atoms. The molecule has 5 heteroatoms. The summed E-state index contributed by atoms with van der Waals surface area (Å²) in [6, 6.07) is 14.7. The Hall–Kier alpha value is -2.40. The first kappa shape index (κ1) is 15.0. The molecule has 0 aliphatic rings. The molecule has 0 saturated heterocycles. The molecule has 0 amide bonds. The van der Waals surface area contributed by atoms with E-state index in [2.05, 4.69) is 5.32 Å². The molecule has 1 N–H and O–H groups in total. The highest BCUT2D eigenvalue weighted by Gasteiger charge is 2.11. The monoisotopic (exact) mass is 286 g/mol. The fourth-order valence-corrected chi connectivity index (χ4v) is 2.07. The molecule has 0 aromatic heterocycles. The molecule has 0 bridgehead atoms. The topological polar surface area (TPSA) is 64.4 Å². The van der Waals surface area contributed by atoms with E-state index in [4.69, 9.17) is 4.74 Å². The molecule has 110 valence electrons. The van der Waals surface area contributed by atoms with E-state index in [9.17, 15) is 10.1 Å². The smallest absolute Gasteiger partial charge is 0.270 e. The first-order valence-electron chi connectivity index (χ1n) is 6.79. The maximum Gasteiger partial charge on any atom is 0.270 e. The van der Waals surface area contributed by atoms with Crippen molar-refractivity contribution in [2.75, 3.05) is 13.7 Å². The lowest BCUT2D eigenvalue weighted by atomic mass is 10.1. The van der Waals surface area contributed by atoms with E-state index in [-0.39, 0.29) is 5.69 Å².